The van der Waals surface area contributed by atoms with Crippen LogP contribution in [0, 0.1) is 0 Å². The van der Waals surface area contributed by atoms with Gasteiger partial charge in [-0.25, -0.2) is 0 Å². The molecule has 0 saturated carbocycles. The quantitative estimate of drug-likeness (QED) is 0.351. The van der Waals surface area contributed by atoms with Gasteiger partial charge >= 0.3 is 0 Å². The summed E-state index contributed by atoms with van der Waals surface area (Å²) >= 11 is 0. The first-order chi connectivity index (χ1) is 7.77. The molecular weight excluding hydrogens is 321 g/mol. The van der Waals surface area contributed by atoms with Crippen LogP contribution in [0.4, 0.5) is 0 Å². The van der Waals surface area contributed by atoms with Gasteiger partial charge in [-0.1, -0.05) is 39.0 Å². The van der Waals surface area contributed by atoms with Gasteiger partial charge in [0.2, 0.25) is 0 Å². The Morgan fingerprint density at radius 1 is 0.765 bits per heavy atom. The fraction of sp³-hybridized carbons (Fsp3) is 1.00. The molecule has 1 nitrogen and oxygen atoms in total. The van der Waals surface area contributed by atoms with E-state index in [9.17, 15) is 0 Å². The van der Waals surface area contributed by atoms with Gasteiger partial charge in [0, 0.05) is 0 Å². The topological polar surface area (TPSA) is 0 Å². The molecule has 104 valence electrons. The molecule has 1 aliphatic heterocycles. The zero-order valence-electron chi connectivity index (χ0n) is 12.0. The molecule has 2 heteroatoms. The van der Waals surface area contributed by atoms with Crippen LogP contribution in [0.15, 0.2) is 0 Å². The molecular formula is C15H32IN. The maximum atomic E-state index is 2.47. The second kappa shape index (κ2) is 10.6. The average Bonchev–Trinajstić information content (AvgIpc) is 2.29. The summed E-state index contributed by atoms with van der Waals surface area (Å²) in [6, 6.07) is 0. The lowest BCUT2D eigenvalue weighted by molar-refractivity contribution is -0.914. The van der Waals surface area contributed by atoms with Gasteiger partial charge in [0.05, 0.1) is 26.7 Å². The third-order valence-electron chi connectivity index (χ3n) is 4.20. The number of rotatable bonds is 8. The maximum absolute atomic E-state index is 2.47. The zero-order chi connectivity index (χ0) is 11.7. The highest BCUT2D eigenvalue weighted by Gasteiger charge is 2.23. The minimum Gasteiger partial charge on any atom is -1.00 e. The Bertz CT molecular complexity index is 164. The predicted molar refractivity (Wildman–Crippen MR) is 72.6 cm³/mol. The van der Waals surface area contributed by atoms with E-state index in [-0.39, 0.29) is 24.0 Å². The van der Waals surface area contributed by atoms with Crippen molar-refractivity contribution in [3.05, 3.63) is 0 Å². The van der Waals surface area contributed by atoms with Crippen molar-refractivity contribution in [3.8, 4) is 0 Å². The Labute approximate surface area is 126 Å². The first kappa shape index (κ1) is 17.7. The van der Waals surface area contributed by atoms with E-state index < -0.39 is 0 Å². The van der Waals surface area contributed by atoms with Crippen molar-refractivity contribution in [1.82, 2.24) is 0 Å². The lowest BCUT2D eigenvalue weighted by atomic mass is 10.1. The van der Waals surface area contributed by atoms with Gasteiger partial charge < -0.3 is 28.5 Å². The van der Waals surface area contributed by atoms with Gasteiger partial charge in [-0.15, -0.1) is 0 Å². The first-order valence-corrected chi connectivity index (χ1v) is 7.60. The lowest BCUT2D eigenvalue weighted by Gasteiger charge is -2.37. The molecule has 0 radical (unpaired) electrons. The highest BCUT2D eigenvalue weighted by Crippen LogP contribution is 2.18. The number of likely N-dealkylation sites (tertiary alicyclic amines) is 1. The molecule has 0 unspecified atom stereocenters. The van der Waals surface area contributed by atoms with Crippen molar-refractivity contribution in [2.75, 3.05) is 26.7 Å². The molecule has 1 rings (SSSR count). The van der Waals surface area contributed by atoms with Crippen LogP contribution in [0.25, 0.3) is 0 Å². The standard InChI is InChI=1S/C15H32N.HI/c1-3-4-5-6-7-8-10-13-16(2)14-11-9-12-15-16;/h3-15H2,1-2H3;1H/q+1;/p-1. The first-order valence-electron chi connectivity index (χ1n) is 7.60. The monoisotopic (exact) mass is 353 g/mol. The van der Waals surface area contributed by atoms with Crippen LogP contribution >= 0.6 is 0 Å². The van der Waals surface area contributed by atoms with E-state index >= 15 is 0 Å². The van der Waals surface area contributed by atoms with Gasteiger partial charge in [-0.2, -0.15) is 0 Å². The summed E-state index contributed by atoms with van der Waals surface area (Å²) in [6.07, 6.45) is 14.5. The van der Waals surface area contributed by atoms with Crippen molar-refractivity contribution in [2.45, 2.75) is 71.1 Å². The van der Waals surface area contributed by atoms with Gasteiger partial charge in [0.1, 0.15) is 0 Å². The molecule has 0 amide bonds. The van der Waals surface area contributed by atoms with Crippen molar-refractivity contribution in [3.63, 3.8) is 0 Å². The average molecular weight is 353 g/mol. The number of quaternary nitrogens is 1. The molecule has 0 aromatic carbocycles. The van der Waals surface area contributed by atoms with Gasteiger partial charge in [-0.3, -0.25) is 0 Å². The number of halogens is 1. The fourth-order valence-corrected chi connectivity index (χ4v) is 2.95. The summed E-state index contributed by atoms with van der Waals surface area (Å²) in [6.45, 7) is 6.61. The number of nitrogens with zero attached hydrogens (tertiary/aromatic N) is 1. The van der Waals surface area contributed by atoms with Gasteiger partial charge in [0.25, 0.3) is 0 Å². The number of unbranched alkanes of at least 4 members (excludes halogenated alkanes) is 6. The Hall–Kier alpha value is 0.690. The molecule has 1 aliphatic rings. The van der Waals surface area contributed by atoms with Crippen LogP contribution in [-0.2, 0) is 0 Å². The maximum Gasteiger partial charge on any atom is 0.0784 e. The summed E-state index contributed by atoms with van der Waals surface area (Å²) in [7, 11) is 2.47. The molecule has 0 aliphatic carbocycles. The zero-order valence-corrected chi connectivity index (χ0v) is 14.2. The molecule has 1 heterocycles. The summed E-state index contributed by atoms with van der Waals surface area (Å²) in [5, 5.41) is 0. The Balaban J connectivity index is 0.00000256. The summed E-state index contributed by atoms with van der Waals surface area (Å²) < 4.78 is 1.37. The Kier molecular flexibility index (Phi) is 11.0. The normalized spacial score (nSPS) is 18.7. The highest BCUT2D eigenvalue weighted by atomic mass is 127. The molecule has 1 saturated heterocycles. The Morgan fingerprint density at radius 2 is 1.29 bits per heavy atom. The van der Waals surface area contributed by atoms with Crippen LogP contribution in [0.2, 0.25) is 0 Å². The molecule has 0 N–H and O–H groups in total. The van der Waals surface area contributed by atoms with Crippen LogP contribution in [0.5, 0.6) is 0 Å². The molecule has 0 bridgehead atoms. The van der Waals surface area contributed by atoms with E-state index in [1.54, 1.807) is 0 Å². The molecule has 0 spiro atoms. The second-order valence-corrected chi connectivity index (χ2v) is 5.97. The summed E-state index contributed by atoms with van der Waals surface area (Å²) in [5.41, 5.74) is 0. The minimum absolute atomic E-state index is 0. The Morgan fingerprint density at radius 3 is 1.88 bits per heavy atom. The van der Waals surface area contributed by atoms with Crippen molar-refractivity contribution >= 4 is 0 Å². The summed E-state index contributed by atoms with van der Waals surface area (Å²) in [4.78, 5) is 0. The molecule has 0 aromatic rings. The SMILES string of the molecule is CCCCCCCCC[N+]1(C)CCCCC1.[I-]. The minimum atomic E-state index is 0. The predicted octanol–water partition coefficient (Wildman–Crippen LogP) is 1.37. The largest absolute Gasteiger partial charge is 1.00 e. The van der Waals surface area contributed by atoms with E-state index in [0.717, 1.165) is 0 Å². The summed E-state index contributed by atoms with van der Waals surface area (Å²) in [5.74, 6) is 0. The van der Waals surface area contributed by atoms with E-state index in [4.69, 9.17) is 0 Å². The third kappa shape index (κ3) is 8.41. The van der Waals surface area contributed by atoms with Gasteiger partial charge in [-0.05, 0) is 32.1 Å². The smallest absolute Gasteiger partial charge is 0.0784 e. The third-order valence-corrected chi connectivity index (χ3v) is 4.20. The van der Waals surface area contributed by atoms with Crippen LogP contribution in [0.3, 0.4) is 0 Å². The van der Waals surface area contributed by atoms with Gasteiger partial charge in [0.15, 0.2) is 0 Å². The molecule has 0 atom stereocenters. The number of hydrogen-bond acceptors (Lipinski definition) is 0. The van der Waals surface area contributed by atoms with Crippen molar-refractivity contribution in [1.29, 1.82) is 0 Å². The number of hydrogen-bond donors (Lipinski definition) is 0. The second-order valence-electron chi connectivity index (χ2n) is 5.97. The van der Waals surface area contributed by atoms with Crippen LogP contribution in [0.1, 0.15) is 71.1 Å². The number of piperidine rings is 1. The lowest BCUT2D eigenvalue weighted by Crippen LogP contribution is -3.00. The van der Waals surface area contributed by atoms with Crippen molar-refractivity contribution < 1.29 is 28.5 Å². The van der Waals surface area contributed by atoms with E-state index in [2.05, 4.69) is 14.0 Å². The molecule has 17 heavy (non-hydrogen) atoms. The fourth-order valence-electron chi connectivity index (χ4n) is 2.95. The highest BCUT2D eigenvalue weighted by molar-refractivity contribution is 4.52. The molecule has 0 aromatic heterocycles. The van der Waals surface area contributed by atoms with E-state index in [0.29, 0.717) is 0 Å². The van der Waals surface area contributed by atoms with E-state index in [1.807, 2.05) is 0 Å². The van der Waals surface area contributed by atoms with Crippen LogP contribution in [-0.4, -0.2) is 31.2 Å². The molecule has 1 fully saturated rings. The van der Waals surface area contributed by atoms with Crippen LogP contribution < -0.4 is 24.0 Å². The van der Waals surface area contributed by atoms with Crippen molar-refractivity contribution in [2.24, 2.45) is 0 Å². The van der Waals surface area contributed by atoms with E-state index in [1.165, 1.54) is 88.3 Å².